The zero-order valence-corrected chi connectivity index (χ0v) is 15.0. The third kappa shape index (κ3) is 3.74. The van der Waals surface area contributed by atoms with E-state index in [-0.39, 0.29) is 12.3 Å². The average Bonchev–Trinajstić information content (AvgIpc) is 3.12. The van der Waals surface area contributed by atoms with Crippen molar-refractivity contribution in [2.75, 3.05) is 6.61 Å². The first-order chi connectivity index (χ1) is 12.6. The van der Waals surface area contributed by atoms with E-state index in [4.69, 9.17) is 9.47 Å². The predicted molar refractivity (Wildman–Crippen MR) is 98.4 cm³/mol. The van der Waals surface area contributed by atoms with Crippen LogP contribution in [0, 0.1) is 0 Å². The number of rotatable bonds is 6. The number of esters is 1. The van der Waals surface area contributed by atoms with Crippen LogP contribution in [-0.2, 0) is 4.74 Å². The van der Waals surface area contributed by atoms with Gasteiger partial charge in [-0.15, -0.1) is 5.10 Å². The highest BCUT2D eigenvalue weighted by atomic mass is 16.5. The van der Waals surface area contributed by atoms with E-state index in [1.54, 1.807) is 6.92 Å². The topological polar surface area (TPSA) is 77.1 Å². The van der Waals surface area contributed by atoms with Crippen LogP contribution in [0.15, 0.2) is 48.5 Å². The second-order valence-corrected chi connectivity index (χ2v) is 6.06. The van der Waals surface area contributed by atoms with Gasteiger partial charge in [-0.1, -0.05) is 38.1 Å². The van der Waals surface area contributed by atoms with E-state index in [0.717, 1.165) is 0 Å². The van der Waals surface area contributed by atoms with Crippen molar-refractivity contribution in [2.24, 2.45) is 0 Å². The van der Waals surface area contributed by atoms with E-state index in [9.17, 15) is 4.79 Å². The molecule has 134 valence electrons. The molecule has 0 atom stereocenters. The first kappa shape index (κ1) is 17.7. The molecule has 0 spiro atoms. The molecule has 1 N–H and O–H groups in total. The first-order valence-electron chi connectivity index (χ1n) is 8.55. The lowest BCUT2D eigenvalue weighted by atomic mass is 10.0. The van der Waals surface area contributed by atoms with E-state index >= 15 is 0 Å². The van der Waals surface area contributed by atoms with Crippen molar-refractivity contribution >= 4 is 5.97 Å². The van der Waals surface area contributed by atoms with Crippen LogP contribution in [0.5, 0.6) is 11.5 Å². The number of hydrogen-bond acceptors (Lipinski definition) is 5. The van der Waals surface area contributed by atoms with Gasteiger partial charge >= 0.3 is 5.97 Å². The molecule has 0 unspecified atom stereocenters. The fourth-order valence-electron chi connectivity index (χ4n) is 2.56. The maximum Gasteiger partial charge on any atom is 0.361 e. The number of aromatic amines is 1. The molecular formula is C20H21N3O3. The Labute approximate surface area is 152 Å². The molecule has 1 aromatic heterocycles. The molecule has 0 saturated carbocycles. The largest absolute Gasteiger partial charge is 0.461 e. The fraction of sp³-hybridized carbons (Fsp3) is 0.250. The molecule has 6 heteroatoms. The van der Waals surface area contributed by atoms with Gasteiger partial charge in [0.1, 0.15) is 17.2 Å². The van der Waals surface area contributed by atoms with Crippen LogP contribution in [-0.4, -0.2) is 28.0 Å². The zero-order valence-electron chi connectivity index (χ0n) is 15.0. The van der Waals surface area contributed by atoms with Gasteiger partial charge in [0.05, 0.1) is 6.61 Å². The molecule has 26 heavy (non-hydrogen) atoms. The summed E-state index contributed by atoms with van der Waals surface area (Å²) in [7, 11) is 0. The number of hydrogen-bond donors (Lipinski definition) is 1. The Morgan fingerprint density at radius 2 is 1.81 bits per heavy atom. The van der Waals surface area contributed by atoms with Crippen molar-refractivity contribution in [1.29, 1.82) is 0 Å². The second kappa shape index (κ2) is 7.82. The second-order valence-electron chi connectivity index (χ2n) is 6.06. The summed E-state index contributed by atoms with van der Waals surface area (Å²) < 4.78 is 11.1. The summed E-state index contributed by atoms with van der Waals surface area (Å²) in [5.74, 6) is 1.23. The number of carbonyl (C=O) groups is 1. The van der Waals surface area contributed by atoms with Crippen molar-refractivity contribution in [3.05, 3.63) is 59.8 Å². The predicted octanol–water partition coefficient (Wildman–Crippen LogP) is 4.56. The van der Waals surface area contributed by atoms with Gasteiger partial charge < -0.3 is 9.47 Å². The van der Waals surface area contributed by atoms with E-state index in [2.05, 4.69) is 29.3 Å². The summed E-state index contributed by atoms with van der Waals surface area (Å²) in [6, 6.07) is 15.3. The Balaban J connectivity index is 1.92. The minimum atomic E-state index is -0.521. The number of benzene rings is 2. The Morgan fingerprint density at radius 3 is 2.50 bits per heavy atom. The highest BCUT2D eigenvalue weighted by Gasteiger charge is 2.21. The third-order valence-electron chi connectivity index (χ3n) is 3.93. The van der Waals surface area contributed by atoms with Gasteiger partial charge in [-0.25, -0.2) is 4.79 Å². The average molecular weight is 351 g/mol. The molecule has 0 saturated heterocycles. The van der Waals surface area contributed by atoms with E-state index in [1.807, 2.05) is 48.5 Å². The van der Waals surface area contributed by atoms with Gasteiger partial charge in [0, 0.05) is 5.56 Å². The molecule has 0 radical (unpaired) electrons. The fourth-order valence-corrected chi connectivity index (χ4v) is 2.56. The molecule has 0 aliphatic rings. The summed E-state index contributed by atoms with van der Waals surface area (Å²) >= 11 is 0. The summed E-state index contributed by atoms with van der Waals surface area (Å²) in [6.07, 6.45) is 0. The van der Waals surface area contributed by atoms with Crippen molar-refractivity contribution < 1.29 is 14.3 Å². The Kier molecular flexibility index (Phi) is 5.31. The Morgan fingerprint density at radius 1 is 1.08 bits per heavy atom. The number of nitrogens with one attached hydrogen (secondary N) is 1. The van der Waals surface area contributed by atoms with Crippen LogP contribution in [0.4, 0.5) is 0 Å². The van der Waals surface area contributed by atoms with Gasteiger partial charge in [0.15, 0.2) is 5.69 Å². The maximum absolute atomic E-state index is 12.1. The van der Waals surface area contributed by atoms with Crippen LogP contribution < -0.4 is 4.74 Å². The maximum atomic E-state index is 12.1. The summed E-state index contributed by atoms with van der Waals surface area (Å²) in [6.45, 7) is 6.31. The highest BCUT2D eigenvalue weighted by Crippen LogP contribution is 2.34. The normalized spacial score (nSPS) is 10.8. The van der Waals surface area contributed by atoms with Crippen LogP contribution in [0.2, 0.25) is 0 Å². The van der Waals surface area contributed by atoms with Crippen molar-refractivity contribution in [3.63, 3.8) is 0 Å². The molecule has 6 nitrogen and oxygen atoms in total. The van der Waals surface area contributed by atoms with Gasteiger partial charge in [0.2, 0.25) is 0 Å². The van der Waals surface area contributed by atoms with Gasteiger partial charge in [0.25, 0.3) is 0 Å². The zero-order chi connectivity index (χ0) is 18.5. The van der Waals surface area contributed by atoms with Gasteiger partial charge in [-0.2, -0.15) is 10.3 Å². The smallest absolute Gasteiger partial charge is 0.361 e. The minimum Gasteiger partial charge on any atom is -0.461 e. The number of para-hydroxylation sites is 1. The van der Waals surface area contributed by atoms with Crippen LogP contribution in [0.3, 0.4) is 0 Å². The monoisotopic (exact) mass is 351 g/mol. The molecule has 0 amide bonds. The number of H-pyrrole nitrogens is 1. The quantitative estimate of drug-likeness (QED) is 0.659. The van der Waals surface area contributed by atoms with Gasteiger partial charge in [-0.05, 0) is 42.7 Å². The van der Waals surface area contributed by atoms with E-state index < -0.39 is 5.97 Å². The van der Waals surface area contributed by atoms with E-state index in [0.29, 0.717) is 28.7 Å². The highest BCUT2D eigenvalue weighted by molar-refractivity contribution is 5.94. The standard InChI is InChI=1S/C20H21N3O3/c1-4-25-20(24)19-18(21-23-22-19)16-7-5-6-8-17(16)26-15-11-9-14(10-12-15)13(2)3/h5-13H,4H2,1-3H3,(H,21,22,23). The lowest BCUT2D eigenvalue weighted by Crippen LogP contribution is -2.07. The molecule has 2 aromatic carbocycles. The Hall–Kier alpha value is -3.15. The van der Waals surface area contributed by atoms with Gasteiger partial charge in [-0.3, -0.25) is 0 Å². The third-order valence-corrected chi connectivity index (χ3v) is 3.93. The first-order valence-corrected chi connectivity index (χ1v) is 8.55. The number of carbonyl (C=O) groups excluding carboxylic acids is 1. The molecule has 0 aliphatic carbocycles. The lowest BCUT2D eigenvalue weighted by molar-refractivity contribution is 0.0520. The molecule has 3 aromatic rings. The number of ether oxygens (including phenoxy) is 2. The number of nitrogens with zero attached hydrogens (tertiary/aromatic N) is 2. The molecule has 1 heterocycles. The van der Waals surface area contributed by atoms with Crippen LogP contribution in [0.25, 0.3) is 11.3 Å². The molecular weight excluding hydrogens is 330 g/mol. The SMILES string of the molecule is CCOC(=O)c1n[nH]nc1-c1ccccc1Oc1ccc(C(C)C)cc1. The summed E-state index contributed by atoms with van der Waals surface area (Å²) in [5.41, 5.74) is 2.44. The Bertz CT molecular complexity index is 885. The summed E-state index contributed by atoms with van der Waals surface area (Å²) in [4.78, 5) is 12.1. The minimum absolute atomic E-state index is 0.137. The molecule has 3 rings (SSSR count). The molecule has 0 bridgehead atoms. The van der Waals surface area contributed by atoms with Crippen molar-refractivity contribution in [3.8, 4) is 22.8 Å². The number of aromatic nitrogens is 3. The van der Waals surface area contributed by atoms with E-state index in [1.165, 1.54) is 5.56 Å². The molecule has 0 aliphatic heterocycles. The van der Waals surface area contributed by atoms with Crippen LogP contribution >= 0.6 is 0 Å². The van der Waals surface area contributed by atoms with Crippen molar-refractivity contribution in [2.45, 2.75) is 26.7 Å². The van der Waals surface area contributed by atoms with Crippen LogP contribution in [0.1, 0.15) is 42.7 Å². The van der Waals surface area contributed by atoms with Crippen molar-refractivity contribution in [1.82, 2.24) is 15.4 Å². The lowest BCUT2D eigenvalue weighted by Gasteiger charge is -2.11. The molecule has 0 fully saturated rings. The summed E-state index contributed by atoms with van der Waals surface area (Å²) in [5, 5.41) is 10.5.